The van der Waals surface area contributed by atoms with Crippen LogP contribution in [0.15, 0.2) is 0 Å². The van der Waals surface area contributed by atoms with Crippen LogP contribution in [0.1, 0.15) is 32.6 Å². The molecule has 2 aliphatic heterocycles. The zero-order valence-electron chi connectivity index (χ0n) is 8.70. The number of carboxylic acid groups (broad SMARTS) is 1. The molecule has 0 unspecified atom stereocenters. The standard InChI is InChI=1S/C10H18N2O2/c1-10(11-6-2-3-7-11)5-4-8-12(10)9(13)14/h2-8H2,1H3,(H,13,14)/t10-/m1/s1. The summed E-state index contributed by atoms with van der Waals surface area (Å²) in [5, 5.41) is 9.11. The van der Waals surface area contributed by atoms with Crippen LogP contribution in [-0.2, 0) is 0 Å². The number of nitrogens with zero attached hydrogens (tertiary/aromatic N) is 2. The summed E-state index contributed by atoms with van der Waals surface area (Å²) in [5.41, 5.74) is -0.220. The number of amides is 1. The predicted molar refractivity (Wildman–Crippen MR) is 53.2 cm³/mol. The van der Waals surface area contributed by atoms with Crippen LogP contribution in [0.25, 0.3) is 0 Å². The first-order valence-electron chi connectivity index (χ1n) is 5.40. The fourth-order valence-electron chi connectivity index (χ4n) is 2.78. The van der Waals surface area contributed by atoms with Crippen molar-refractivity contribution in [2.75, 3.05) is 19.6 Å². The van der Waals surface area contributed by atoms with Crippen LogP contribution in [0.3, 0.4) is 0 Å². The maximum Gasteiger partial charge on any atom is 0.408 e. The van der Waals surface area contributed by atoms with E-state index in [1.54, 1.807) is 4.90 Å². The van der Waals surface area contributed by atoms with Crippen molar-refractivity contribution >= 4 is 6.09 Å². The Morgan fingerprint density at radius 3 is 2.43 bits per heavy atom. The molecule has 0 aromatic carbocycles. The Labute approximate surface area is 84.5 Å². The molecule has 80 valence electrons. The van der Waals surface area contributed by atoms with Crippen LogP contribution in [-0.4, -0.2) is 46.3 Å². The molecule has 0 aromatic heterocycles. The Kier molecular flexibility index (Phi) is 2.39. The smallest absolute Gasteiger partial charge is 0.408 e. The number of hydrogen-bond acceptors (Lipinski definition) is 2. The maximum absolute atomic E-state index is 11.1. The molecule has 0 spiro atoms. The Morgan fingerprint density at radius 2 is 1.86 bits per heavy atom. The van der Waals surface area contributed by atoms with Gasteiger partial charge in [-0.05, 0) is 32.6 Å². The van der Waals surface area contributed by atoms with Crippen molar-refractivity contribution in [1.82, 2.24) is 9.80 Å². The molecule has 4 nitrogen and oxygen atoms in total. The molecule has 1 N–H and O–H groups in total. The van der Waals surface area contributed by atoms with Gasteiger partial charge < -0.3 is 5.11 Å². The Balaban J connectivity index is 2.15. The molecule has 2 saturated heterocycles. The van der Waals surface area contributed by atoms with Crippen LogP contribution in [0.2, 0.25) is 0 Å². The second-order valence-electron chi connectivity index (χ2n) is 4.45. The van der Waals surface area contributed by atoms with Gasteiger partial charge in [-0.3, -0.25) is 9.80 Å². The van der Waals surface area contributed by atoms with E-state index in [2.05, 4.69) is 11.8 Å². The highest BCUT2D eigenvalue weighted by Gasteiger charge is 2.44. The normalized spacial score (nSPS) is 33.9. The molecule has 2 aliphatic rings. The molecule has 0 saturated carbocycles. The molecule has 2 heterocycles. The SMILES string of the molecule is C[C@]1(N2CCCC2)CCCN1C(=O)O. The summed E-state index contributed by atoms with van der Waals surface area (Å²) in [4.78, 5) is 15.0. The molecule has 0 aromatic rings. The maximum atomic E-state index is 11.1. The molecule has 1 atom stereocenters. The van der Waals surface area contributed by atoms with E-state index in [1.807, 2.05) is 0 Å². The number of rotatable bonds is 1. The van der Waals surface area contributed by atoms with Gasteiger partial charge in [-0.15, -0.1) is 0 Å². The molecule has 0 bridgehead atoms. The summed E-state index contributed by atoms with van der Waals surface area (Å²) in [6.45, 7) is 4.88. The minimum Gasteiger partial charge on any atom is -0.465 e. The first-order chi connectivity index (χ1) is 6.64. The lowest BCUT2D eigenvalue weighted by Crippen LogP contribution is -2.55. The van der Waals surface area contributed by atoms with E-state index >= 15 is 0 Å². The average molecular weight is 198 g/mol. The van der Waals surface area contributed by atoms with Crippen molar-refractivity contribution in [2.45, 2.75) is 38.3 Å². The molecule has 14 heavy (non-hydrogen) atoms. The molecule has 4 heteroatoms. The fourth-order valence-corrected chi connectivity index (χ4v) is 2.78. The van der Waals surface area contributed by atoms with Crippen molar-refractivity contribution < 1.29 is 9.90 Å². The van der Waals surface area contributed by atoms with Crippen LogP contribution >= 0.6 is 0 Å². The minimum atomic E-state index is -0.767. The third-order valence-corrected chi connectivity index (χ3v) is 3.63. The lowest BCUT2D eigenvalue weighted by atomic mass is 10.1. The monoisotopic (exact) mass is 198 g/mol. The average Bonchev–Trinajstić information content (AvgIpc) is 2.71. The number of carbonyl (C=O) groups is 1. The highest BCUT2D eigenvalue weighted by molar-refractivity contribution is 5.66. The molecule has 2 fully saturated rings. The summed E-state index contributed by atoms with van der Waals surface area (Å²) in [6.07, 6.45) is 3.64. The first-order valence-corrected chi connectivity index (χ1v) is 5.40. The van der Waals surface area contributed by atoms with Gasteiger partial charge in [0.05, 0.1) is 5.66 Å². The van der Waals surface area contributed by atoms with Gasteiger partial charge in [0.1, 0.15) is 0 Å². The van der Waals surface area contributed by atoms with Gasteiger partial charge >= 0.3 is 6.09 Å². The predicted octanol–water partition coefficient (Wildman–Crippen LogP) is 1.57. The van der Waals surface area contributed by atoms with Crippen molar-refractivity contribution in [2.24, 2.45) is 0 Å². The third-order valence-electron chi connectivity index (χ3n) is 3.63. The van der Waals surface area contributed by atoms with Gasteiger partial charge in [0.2, 0.25) is 0 Å². The topological polar surface area (TPSA) is 43.8 Å². The second kappa shape index (κ2) is 3.42. The van der Waals surface area contributed by atoms with E-state index in [4.69, 9.17) is 5.11 Å². The van der Waals surface area contributed by atoms with E-state index in [-0.39, 0.29) is 5.66 Å². The molecule has 1 amide bonds. The summed E-state index contributed by atoms with van der Waals surface area (Å²) in [6, 6.07) is 0. The third kappa shape index (κ3) is 1.38. The van der Waals surface area contributed by atoms with Gasteiger partial charge in [0, 0.05) is 19.6 Å². The lowest BCUT2D eigenvalue weighted by molar-refractivity contribution is 0.00822. The highest BCUT2D eigenvalue weighted by Crippen LogP contribution is 2.34. The molecule has 2 rings (SSSR count). The fraction of sp³-hybridized carbons (Fsp3) is 0.900. The quantitative estimate of drug-likeness (QED) is 0.695. The van der Waals surface area contributed by atoms with Crippen LogP contribution in [0.5, 0.6) is 0 Å². The lowest BCUT2D eigenvalue weighted by Gasteiger charge is -2.41. The van der Waals surface area contributed by atoms with Crippen LogP contribution in [0.4, 0.5) is 4.79 Å². The van der Waals surface area contributed by atoms with E-state index in [0.29, 0.717) is 6.54 Å². The number of hydrogen-bond donors (Lipinski definition) is 1. The molecular weight excluding hydrogens is 180 g/mol. The van der Waals surface area contributed by atoms with E-state index in [1.165, 1.54) is 12.8 Å². The first kappa shape index (κ1) is 9.77. The Morgan fingerprint density at radius 1 is 1.21 bits per heavy atom. The van der Waals surface area contributed by atoms with Crippen LogP contribution in [0, 0.1) is 0 Å². The van der Waals surface area contributed by atoms with E-state index in [0.717, 1.165) is 25.9 Å². The summed E-state index contributed by atoms with van der Waals surface area (Å²) in [7, 11) is 0. The zero-order valence-corrected chi connectivity index (χ0v) is 8.70. The summed E-state index contributed by atoms with van der Waals surface area (Å²) >= 11 is 0. The highest BCUT2D eigenvalue weighted by atomic mass is 16.4. The van der Waals surface area contributed by atoms with Crippen molar-refractivity contribution in [3.05, 3.63) is 0 Å². The van der Waals surface area contributed by atoms with Gasteiger partial charge in [0.15, 0.2) is 0 Å². The Bertz CT molecular complexity index is 238. The van der Waals surface area contributed by atoms with Crippen LogP contribution < -0.4 is 0 Å². The zero-order chi connectivity index (χ0) is 10.2. The van der Waals surface area contributed by atoms with Crippen molar-refractivity contribution in [3.63, 3.8) is 0 Å². The largest absolute Gasteiger partial charge is 0.465 e. The Hall–Kier alpha value is -0.770. The van der Waals surface area contributed by atoms with E-state index < -0.39 is 6.09 Å². The second-order valence-corrected chi connectivity index (χ2v) is 4.45. The van der Waals surface area contributed by atoms with Gasteiger partial charge in [-0.25, -0.2) is 4.79 Å². The number of likely N-dealkylation sites (tertiary alicyclic amines) is 2. The minimum absolute atomic E-state index is 0.220. The molecular formula is C10H18N2O2. The van der Waals surface area contributed by atoms with E-state index in [9.17, 15) is 4.79 Å². The summed E-state index contributed by atoms with van der Waals surface area (Å²) in [5.74, 6) is 0. The van der Waals surface area contributed by atoms with Gasteiger partial charge in [0.25, 0.3) is 0 Å². The molecule has 0 aliphatic carbocycles. The van der Waals surface area contributed by atoms with Crippen molar-refractivity contribution in [1.29, 1.82) is 0 Å². The summed E-state index contributed by atoms with van der Waals surface area (Å²) < 4.78 is 0. The molecule has 0 radical (unpaired) electrons. The van der Waals surface area contributed by atoms with Crippen molar-refractivity contribution in [3.8, 4) is 0 Å². The van der Waals surface area contributed by atoms with Gasteiger partial charge in [-0.1, -0.05) is 0 Å². The van der Waals surface area contributed by atoms with Gasteiger partial charge in [-0.2, -0.15) is 0 Å².